The predicted molar refractivity (Wildman–Crippen MR) is 211 cm³/mol. The minimum Gasteiger partial charge on any atom is -0.459 e. The van der Waals surface area contributed by atoms with Crippen molar-refractivity contribution in [2.24, 2.45) is 22.9 Å². The molecule has 3 aliphatic rings. The average Bonchev–Trinajstić information content (AvgIpc) is 3.21. The fourth-order valence-electron chi connectivity index (χ4n) is 8.52. The molecule has 1 amide bonds. The molecule has 306 valence electrons. The Morgan fingerprint density at radius 1 is 1.04 bits per heavy atom. The number of allylic oxidation sites excluding steroid dienone is 1. The normalized spacial score (nSPS) is 24.3. The Bertz CT molecular complexity index is 1670. The van der Waals surface area contributed by atoms with Crippen LogP contribution >= 0.6 is 11.6 Å². The number of fused-ring (bicyclic) bond motifs is 2. The monoisotopic (exact) mass is 798 g/mol. The van der Waals surface area contributed by atoms with Crippen molar-refractivity contribution in [3.63, 3.8) is 0 Å². The molecule has 2 aromatic rings. The molecule has 0 aromatic heterocycles. The molecule has 1 saturated carbocycles. The van der Waals surface area contributed by atoms with Gasteiger partial charge in [0.2, 0.25) is 5.79 Å². The zero-order valence-corrected chi connectivity index (χ0v) is 32.8. The zero-order chi connectivity index (χ0) is 39.9. The number of aldehydes is 1. The number of halogens is 1. The number of ether oxygens (including phenoxy) is 5. The molecule has 2 aromatic carbocycles. The molecule has 1 aliphatic heterocycles. The van der Waals surface area contributed by atoms with Gasteiger partial charge in [0, 0.05) is 43.2 Å². The van der Waals surface area contributed by atoms with Crippen molar-refractivity contribution >= 4 is 29.7 Å². The molecule has 1 fully saturated rings. The molecule has 0 bridgehead atoms. The number of oxime groups is 1. The van der Waals surface area contributed by atoms with Gasteiger partial charge in [-0.1, -0.05) is 42.3 Å². The molecule has 5 rings (SSSR count). The maximum Gasteiger partial charge on any atom is 0.410 e. The second kappa shape index (κ2) is 21.5. The Balaban J connectivity index is 1.75. The van der Waals surface area contributed by atoms with Crippen LogP contribution in [0.15, 0.2) is 71.9 Å². The summed E-state index contributed by atoms with van der Waals surface area (Å²) in [6, 6.07) is 11.7. The number of aliphatic hydroxyl groups is 3. The van der Waals surface area contributed by atoms with E-state index in [0.717, 1.165) is 43.1 Å². The fraction of sp³-hybridized carbons (Fsp3) is 0.548. The molecule has 0 unspecified atom stereocenters. The maximum atomic E-state index is 14.1. The molecule has 2 aliphatic carbocycles. The number of amides is 1. The molecule has 6 atom stereocenters. The van der Waals surface area contributed by atoms with E-state index in [2.05, 4.69) is 17.8 Å². The van der Waals surface area contributed by atoms with Gasteiger partial charge >= 0.3 is 6.09 Å². The molecule has 0 saturated heterocycles. The van der Waals surface area contributed by atoms with Crippen LogP contribution in [0.3, 0.4) is 0 Å². The Hall–Kier alpha value is -3.98. The highest BCUT2D eigenvalue weighted by molar-refractivity contribution is 6.18. The van der Waals surface area contributed by atoms with E-state index < -0.39 is 23.8 Å². The molecule has 14 heteroatoms. The predicted octanol–water partition coefficient (Wildman–Crippen LogP) is 6.24. The third-order valence-electron chi connectivity index (χ3n) is 10.7. The second-order valence-corrected chi connectivity index (χ2v) is 14.5. The average molecular weight is 799 g/mol. The van der Waals surface area contributed by atoms with Gasteiger partial charge in [0.05, 0.1) is 43.9 Å². The summed E-state index contributed by atoms with van der Waals surface area (Å²) in [5, 5.41) is 33.6. The van der Waals surface area contributed by atoms with Crippen molar-refractivity contribution in [3.8, 4) is 17.2 Å². The lowest BCUT2D eigenvalue weighted by molar-refractivity contribution is -0.256. The van der Waals surface area contributed by atoms with Gasteiger partial charge in [-0.05, 0) is 73.4 Å². The molecule has 13 nitrogen and oxygen atoms in total. The van der Waals surface area contributed by atoms with E-state index in [-0.39, 0.29) is 82.8 Å². The number of hydrogen-bond donors (Lipinski definition) is 3. The maximum absolute atomic E-state index is 14.1. The van der Waals surface area contributed by atoms with Crippen LogP contribution in [-0.2, 0) is 19.0 Å². The summed E-state index contributed by atoms with van der Waals surface area (Å²) in [6.07, 6.45) is 8.60. The van der Waals surface area contributed by atoms with Crippen molar-refractivity contribution in [2.45, 2.75) is 62.7 Å². The molecule has 3 N–H and O–H groups in total. The summed E-state index contributed by atoms with van der Waals surface area (Å²) in [5.41, 5.74) is 2.87. The van der Waals surface area contributed by atoms with Crippen LogP contribution in [0.1, 0.15) is 66.8 Å². The highest BCUT2D eigenvalue weighted by atomic mass is 35.5. The Morgan fingerprint density at radius 2 is 1.82 bits per heavy atom. The summed E-state index contributed by atoms with van der Waals surface area (Å²) in [7, 11) is 1.49. The first-order chi connectivity index (χ1) is 27.4. The summed E-state index contributed by atoms with van der Waals surface area (Å²) in [5.74, 6) is -0.563. The molecule has 0 spiro atoms. The Kier molecular flexibility index (Phi) is 16.6. The number of benzene rings is 2. The number of alkyl halides is 1. The van der Waals surface area contributed by atoms with Crippen LogP contribution < -0.4 is 9.47 Å². The second-order valence-electron chi connectivity index (χ2n) is 14.1. The SMILES string of the molecule is C=CCO[C@@]12Oc3ccc(Oc4cccc(C=O)c4)cc3[C@H]3[C@H](CCCCO)[C@@H](CCCCO)C=C(C(=NOC)C[C@@H]1N(CCOCCO)C(=O)OCCCl)[C@H]32. The number of carbonyl (C=O) groups is 2. The van der Waals surface area contributed by atoms with E-state index in [0.29, 0.717) is 41.4 Å². The summed E-state index contributed by atoms with van der Waals surface area (Å²) in [6.45, 7) is 4.24. The lowest BCUT2D eigenvalue weighted by Gasteiger charge is -2.59. The van der Waals surface area contributed by atoms with Gasteiger partial charge in [-0.3, -0.25) is 9.69 Å². The third kappa shape index (κ3) is 9.93. The van der Waals surface area contributed by atoms with Crippen LogP contribution in [0.25, 0.3) is 0 Å². The number of aliphatic hydroxyl groups excluding tert-OH is 3. The van der Waals surface area contributed by atoms with Gasteiger partial charge in [-0.25, -0.2) is 4.79 Å². The minimum absolute atomic E-state index is 0.00377. The van der Waals surface area contributed by atoms with Gasteiger partial charge < -0.3 is 43.8 Å². The molecular formula is C42H55ClN2O11. The van der Waals surface area contributed by atoms with Crippen molar-refractivity contribution in [1.82, 2.24) is 4.90 Å². The minimum atomic E-state index is -1.49. The molecule has 56 heavy (non-hydrogen) atoms. The van der Waals surface area contributed by atoms with Crippen LogP contribution in [0.4, 0.5) is 4.79 Å². The number of nitrogens with zero attached hydrogens (tertiary/aromatic N) is 2. The Labute approximate surface area is 333 Å². The van der Waals surface area contributed by atoms with Crippen LogP contribution in [-0.4, -0.2) is 116 Å². The standard InChI is InChI=1S/C42H55ClN2O11/c1-3-20-54-42-38(45(16-22-52-23-19-48)41(50)53-21-15-43)27-36(44-51-2)34-25-30(10-4-6-17-46)33(12-5-7-18-47)39(40(34)42)35-26-32(13-14-37(35)56-42)55-31-11-8-9-29(24-31)28-49/h3,8-9,11,13-14,24-26,28,30,33,38-40,46-48H,1,4-7,10,12,15-23,27H2,2H3/t30-,33+,38-,39+,40+,42+/m0/s1. The van der Waals surface area contributed by atoms with E-state index in [1.54, 1.807) is 41.3 Å². The molecule has 0 radical (unpaired) electrons. The van der Waals surface area contributed by atoms with Gasteiger partial charge in [-0.2, -0.15) is 0 Å². The zero-order valence-electron chi connectivity index (χ0n) is 32.1. The first-order valence-electron chi connectivity index (χ1n) is 19.4. The molecular weight excluding hydrogens is 744 g/mol. The van der Waals surface area contributed by atoms with Crippen LogP contribution in [0, 0.1) is 17.8 Å². The third-order valence-corrected chi connectivity index (χ3v) is 10.9. The first kappa shape index (κ1) is 43.1. The van der Waals surface area contributed by atoms with Crippen molar-refractivity contribution in [3.05, 3.63) is 77.9 Å². The lowest BCUT2D eigenvalue weighted by Crippen LogP contribution is -2.70. The van der Waals surface area contributed by atoms with Crippen molar-refractivity contribution in [1.29, 1.82) is 0 Å². The van der Waals surface area contributed by atoms with E-state index in [1.165, 1.54) is 7.11 Å². The number of hydrogen-bond acceptors (Lipinski definition) is 12. The van der Waals surface area contributed by atoms with Gasteiger partial charge in [0.15, 0.2) is 0 Å². The van der Waals surface area contributed by atoms with Crippen molar-refractivity contribution < 1.29 is 53.4 Å². The smallest absolute Gasteiger partial charge is 0.410 e. The fourth-order valence-corrected chi connectivity index (χ4v) is 8.60. The van der Waals surface area contributed by atoms with Crippen LogP contribution in [0.5, 0.6) is 17.2 Å². The molecule has 1 heterocycles. The summed E-state index contributed by atoms with van der Waals surface area (Å²) < 4.78 is 31.7. The summed E-state index contributed by atoms with van der Waals surface area (Å²) >= 11 is 5.97. The van der Waals surface area contributed by atoms with E-state index in [4.69, 9.17) is 40.1 Å². The van der Waals surface area contributed by atoms with E-state index in [1.807, 2.05) is 12.1 Å². The first-order valence-corrected chi connectivity index (χ1v) is 20.0. The largest absolute Gasteiger partial charge is 0.459 e. The number of unbranched alkanes of at least 4 members (excludes halogenated alkanes) is 2. The van der Waals surface area contributed by atoms with Crippen molar-refractivity contribution in [2.75, 3.05) is 65.8 Å². The highest BCUT2D eigenvalue weighted by Gasteiger charge is 2.65. The summed E-state index contributed by atoms with van der Waals surface area (Å²) in [4.78, 5) is 32.6. The van der Waals surface area contributed by atoms with Crippen LogP contribution in [0.2, 0.25) is 0 Å². The highest BCUT2D eigenvalue weighted by Crippen LogP contribution is 2.62. The lowest BCUT2D eigenvalue weighted by atomic mass is 9.55. The quantitative estimate of drug-likeness (QED) is 0.0383. The number of rotatable bonds is 23. The Morgan fingerprint density at radius 3 is 2.54 bits per heavy atom. The van der Waals surface area contributed by atoms with E-state index >= 15 is 0 Å². The van der Waals surface area contributed by atoms with Gasteiger partial charge in [0.25, 0.3) is 0 Å². The number of carbonyl (C=O) groups excluding carboxylic acids is 2. The van der Waals surface area contributed by atoms with Gasteiger partial charge in [0.1, 0.15) is 43.3 Å². The van der Waals surface area contributed by atoms with Gasteiger partial charge in [-0.15, -0.1) is 18.2 Å². The topological polar surface area (TPSA) is 166 Å². The van der Waals surface area contributed by atoms with E-state index in [9.17, 15) is 24.9 Å².